The van der Waals surface area contributed by atoms with Crippen LogP contribution in [-0.4, -0.2) is 33.9 Å². The number of aromatic nitrogens is 2. The SMILES string of the molecule is Cc1c(CN2CCN=C2N)[nH]c(=O)[nH]c1=O. The van der Waals surface area contributed by atoms with E-state index in [2.05, 4.69) is 15.0 Å². The van der Waals surface area contributed by atoms with E-state index in [1.54, 1.807) is 6.92 Å². The van der Waals surface area contributed by atoms with Crippen LogP contribution in [0.5, 0.6) is 0 Å². The van der Waals surface area contributed by atoms with E-state index >= 15 is 0 Å². The Bertz CT molecular complexity index is 542. The van der Waals surface area contributed by atoms with Crippen molar-refractivity contribution in [3.63, 3.8) is 0 Å². The van der Waals surface area contributed by atoms with Crippen LogP contribution in [-0.2, 0) is 6.54 Å². The zero-order valence-electron chi connectivity index (χ0n) is 8.91. The minimum atomic E-state index is -0.500. The molecule has 0 radical (unpaired) electrons. The van der Waals surface area contributed by atoms with Gasteiger partial charge in [0.05, 0.1) is 13.1 Å². The van der Waals surface area contributed by atoms with E-state index in [-0.39, 0.29) is 5.56 Å². The van der Waals surface area contributed by atoms with Crippen molar-refractivity contribution < 1.29 is 0 Å². The van der Waals surface area contributed by atoms with Crippen molar-refractivity contribution in [1.82, 2.24) is 14.9 Å². The van der Waals surface area contributed by atoms with Gasteiger partial charge in [0, 0.05) is 17.8 Å². The number of aromatic amines is 2. The first-order valence-corrected chi connectivity index (χ1v) is 4.95. The van der Waals surface area contributed by atoms with Gasteiger partial charge in [0.2, 0.25) is 0 Å². The number of aliphatic imine (C=N–C) groups is 1. The van der Waals surface area contributed by atoms with Gasteiger partial charge in [-0.3, -0.25) is 14.8 Å². The maximum atomic E-state index is 11.4. The molecule has 0 atom stereocenters. The van der Waals surface area contributed by atoms with Crippen LogP contribution in [0.25, 0.3) is 0 Å². The van der Waals surface area contributed by atoms with Crippen molar-refractivity contribution in [2.24, 2.45) is 10.7 Å². The van der Waals surface area contributed by atoms with Crippen LogP contribution >= 0.6 is 0 Å². The number of H-pyrrole nitrogens is 2. The molecule has 0 unspecified atom stereocenters. The Hall–Kier alpha value is -2.05. The summed E-state index contributed by atoms with van der Waals surface area (Å²) < 4.78 is 0. The highest BCUT2D eigenvalue weighted by molar-refractivity contribution is 5.79. The van der Waals surface area contributed by atoms with Crippen molar-refractivity contribution in [2.45, 2.75) is 13.5 Å². The first-order chi connectivity index (χ1) is 7.58. The Morgan fingerprint density at radius 3 is 2.81 bits per heavy atom. The molecule has 0 aromatic carbocycles. The van der Waals surface area contributed by atoms with E-state index in [0.717, 1.165) is 0 Å². The molecule has 1 aromatic rings. The van der Waals surface area contributed by atoms with Gasteiger partial charge < -0.3 is 15.6 Å². The highest BCUT2D eigenvalue weighted by atomic mass is 16.2. The third-order valence-corrected chi connectivity index (χ3v) is 2.60. The zero-order valence-corrected chi connectivity index (χ0v) is 8.91. The van der Waals surface area contributed by atoms with Crippen molar-refractivity contribution in [3.8, 4) is 0 Å². The molecule has 7 heteroatoms. The highest BCUT2D eigenvalue weighted by Gasteiger charge is 2.16. The van der Waals surface area contributed by atoms with Crippen LogP contribution in [0.3, 0.4) is 0 Å². The molecule has 0 saturated carbocycles. The average Bonchev–Trinajstić information content (AvgIpc) is 2.60. The first kappa shape index (κ1) is 10.5. The fourth-order valence-electron chi connectivity index (χ4n) is 1.60. The number of hydrogen-bond acceptors (Lipinski definition) is 5. The van der Waals surface area contributed by atoms with E-state index in [1.807, 2.05) is 4.90 Å². The molecule has 0 amide bonds. The summed E-state index contributed by atoms with van der Waals surface area (Å²) in [4.78, 5) is 33.1. The van der Waals surface area contributed by atoms with Gasteiger partial charge in [-0.2, -0.15) is 0 Å². The Morgan fingerprint density at radius 1 is 1.44 bits per heavy atom. The topological polar surface area (TPSA) is 107 Å². The summed E-state index contributed by atoms with van der Waals surface area (Å²) in [5, 5.41) is 0. The molecule has 16 heavy (non-hydrogen) atoms. The molecule has 0 fully saturated rings. The molecule has 2 heterocycles. The molecule has 4 N–H and O–H groups in total. The Balaban J connectivity index is 2.31. The van der Waals surface area contributed by atoms with Crippen LogP contribution < -0.4 is 17.0 Å². The fourth-order valence-corrected chi connectivity index (χ4v) is 1.60. The van der Waals surface area contributed by atoms with E-state index in [9.17, 15) is 9.59 Å². The summed E-state index contributed by atoms with van der Waals surface area (Å²) in [6.07, 6.45) is 0. The predicted octanol–water partition coefficient (Wildman–Crippen LogP) is -1.50. The summed E-state index contributed by atoms with van der Waals surface area (Å²) in [6.45, 7) is 3.42. The molecule has 0 spiro atoms. The minimum absolute atomic E-state index is 0.367. The molecule has 86 valence electrons. The molecule has 0 bridgehead atoms. The third kappa shape index (κ3) is 1.83. The lowest BCUT2D eigenvalue weighted by Crippen LogP contribution is -2.36. The first-order valence-electron chi connectivity index (χ1n) is 4.95. The second-order valence-corrected chi connectivity index (χ2v) is 3.67. The van der Waals surface area contributed by atoms with Gasteiger partial charge in [-0.1, -0.05) is 0 Å². The zero-order chi connectivity index (χ0) is 11.7. The number of hydrogen-bond donors (Lipinski definition) is 3. The summed E-state index contributed by atoms with van der Waals surface area (Å²) in [7, 11) is 0. The largest absolute Gasteiger partial charge is 0.370 e. The highest BCUT2D eigenvalue weighted by Crippen LogP contribution is 2.05. The fraction of sp³-hybridized carbons (Fsp3) is 0.444. The average molecular weight is 223 g/mol. The minimum Gasteiger partial charge on any atom is -0.370 e. The lowest BCUT2D eigenvalue weighted by atomic mass is 10.2. The van der Waals surface area contributed by atoms with E-state index < -0.39 is 5.69 Å². The van der Waals surface area contributed by atoms with E-state index in [0.29, 0.717) is 36.9 Å². The van der Waals surface area contributed by atoms with Crippen molar-refractivity contribution in [3.05, 3.63) is 32.1 Å². The lowest BCUT2D eigenvalue weighted by Gasteiger charge is -2.17. The molecule has 1 aliphatic heterocycles. The normalized spacial score (nSPS) is 15.3. The van der Waals surface area contributed by atoms with Crippen LogP contribution in [0.2, 0.25) is 0 Å². The van der Waals surface area contributed by atoms with Crippen molar-refractivity contribution in [2.75, 3.05) is 13.1 Å². The number of guanidine groups is 1. The van der Waals surface area contributed by atoms with E-state index in [4.69, 9.17) is 5.73 Å². The van der Waals surface area contributed by atoms with Crippen LogP contribution in [0.1, 0.15) is 11.3 Å². The van der Waals surface area contributed by atoms with Gasteiger partial charge in [-0.25, -0.2) is 4.79 Å². The molecule has 0 saturated heterocycles. The van der Waals surface area contributed by atoms with Crippen LogP contribution in [0.4, 0.5) is 0 Å². The molecular formula is C9H13N5O2. The maximum Gasteiger partial charge on any atom is 0.325 e. The Kier molecular flexibility index (Phi) is 2.51. The number of nitrogens with two attached hydrogens (primary N) is 1. The molecule has 2 rings (SSSR count). The monoisotopic (exact) mass is 223 g/mol. The Labute approximate surface area is 91.0 Å². The molecular weight excluding hydrogens is 210 g/mol. The number of nitrogens with one attached hydrogen (secondary N) is 2. The second kappa shape index (κ2) is 3.84. The summed E-state index contributed by atoms with van der Waals surface area (Å²) in [5.74, 6) is 0.445. The summed E-state index contributed by atoms with van der Waals surface area (Å²) in [5.41, 5.74) is 5.86. The van der Waals surface area contributed by atoms with Crippen molar-refractivity contribution >= 4 is 5.96 Å². The number of rotatable bonds is 2. The maximum absolute atomic E-state index is 11.4. The summed E-state index contributed by atoms with van der Waals surface area (Å²) >= 11 is 0. The third-order valence-electron chi connectivity index (χ3n) is 2.60. The molecule has 1 aromatic heterocycles. The van der Waals surface area contributed by atoms with Gasteiger partial charge in [-0.15, -0.1) is 0 Å². The standard InChI is InChI=1S/C9H13N5O2/c1-5-6(12-9(16)13-7(5)15)4-14-3-2-11-8(14)10/h2-4H2,1H3,(H2,10,11)(H2,12,13,15,16). The van der Waals surface area contributed by atoms with Gasteiger partial charge >= 0.3 is 5.69 Å². The van der Waals surface area contributed by atoms with Crippen LogP contribution in [0, 0.1) is 6.92 Å². The van der Waals surface area contributed by atoms with Gasteiger partial charge in [0.15, 0.2) is 5.96 Å². The van der Waals surface area contributed by atoms with E-state index in [1.165, 1.54) is 0 Å². The number of nitrogens with zero attached hydrogens (tertiary/aromatic N) is 2. The smallest absolute Gasteiger partial charge is 0.325 e. The Morgan fingerprint density at radius 2 is 2.19 bits per heavy atom. The lowest BCUT2D eigenvalue weighted by molar-refractivity contribution is 0.438. The summed E-state index contributed by atoms with van der Waals surface area (Å²) in [6, 6.07) is 0. The van der Waals surface area contributed by atoms with Gasteiger partial charge in [0.1, 0.15) is 0 Å². The quantitative estimate of drug-likeness (QED) is 0.567. The van der Waals surface area contributed by atoms with Crippen molar-refractivity contribution in [1.29, 1.82) is 0 Å². The predicted molar refractivity (Wildman–Crippen MR) is 59.3 cm³/mol. The molecule has 1 aliphatic rings. The molecule has 7 nitrogen and oxygen atoms in total. The molecule has 0 aliphatic carbocycles. The van der Waals surface area contributed by atoms with Gasteiger partial charge in [-0.05, 0) is 6.92 Å². The second-order valence-electron chi connectivity index (χ2n) is 3.67. The van der Waals surface area contributed by atoms with Gasteiger partial charge in [0.25, 0.3) is 5.56 Å². The van der Waals surface area contributed by atoms with Crippen LogP contribution in [0.15, 0.2) is 14.6 Å².